The fourth-order valence-corrected chi connectivity index (χ4v) is 3.97. The first-order chi connectivity index (χ1) is 17.1. The number of H-pyrrole nitrogens is 1. The van der Waals surface area contributed by atoms with Crippen LogP contribution in [0.2, 0.25) is 0 Å². The van der Waals surface area contributed by atoms with E-state index in [2.05, 4.69) is 30.0 Å². The highest BCUT2D eigenvalue weighted by Gasteiger charge is 2.31. The molecule has 1 aromatic carbocycles. The molecule has 0 fully saturated rings. The van der Waals surface area contributed by atoms with Crippen LogP contribution in [0.25, 0.3) is 27.8 Å². The molecular weight excluding hydrogens is 482 g/mol. The van der Waals surface area contributed by atoms with Crippen molar-refractivity contribution in [1.29, 1.82) is 0 Å². The van der Waals surface area contributed by atoms with Gasteiger partial charge in [-0.25, -0.2) is 9.37 Å². The zero-order valence-corrected chi connectivity index (χ0v) is 18.5. The van der Waals surface area contributed by atoms with Crippen molar-refractivity contribution in [3.63, 3.8) is 0 Å². The quantitative estimate of drug-likeness (QED) is 0.306. The second-order valence-corrected chi connectivity index (χ2v) is 7.89. The molecule has 4 N–H and O–H groups in total. The lowest BCUT2D eigenvalue weighted by Gasteiger charge is -2.20. The van der Waals surface area contributed by atoms with E-state index in [9.17, 15) is 22.4 Å². The summed E-state index contributed by atoms with van der Waals surface area (Å²) in [5.41, 5.74) is 6.94. The Morgan fingerprint density at radius 3 is 2.75 bits per heavy atom. The van der Waals surface area contributed by atoms with Gasteiger partial charge in [0, 0.05) is 11.7 Å². The second kappa shape index (κ2) is 8.52. The molecule has 184 valence electrons. The van der Waals surface area contributed by atoms with Gasteiger partial charge in [-0.05, 0) is 48.4 Å². The van der Waals surface area contributed by atoms with Gasteiger partial charge in [-0.3, -0.25) is 9.20 Å². The number of aromatic nitrogens is 5. The topological polar surface area (TPSA) is 123 Å². The fraction of sp³-hybridized carbons (Fsp3) is 0.130. The lowest BCUT2D eigenvalue weighted by atomic mass is 9.96. The molecule has 9 nitrogen and oxygen atoms in total. The van der Waals surface area contributed by atoms with Gasteiger partial charge < -0.3 is 20.8 Å². The Bertz CT molecular complexity index is 1660. The van der Waals surface area contributed by atoms with Gasteiger partial charge in [0.15, 0.2) is 11.5 Å². The van der Waals surface area contributed by atoms with Gasteiger partial charge in [0.2, 0.25) is 5.95 Å². The Kier molecular flexibility index (Phi) is 5.46. The molecule has 0 bridgehead atoms. The number of halogens is 4. The second-order valence-electron chi connectivity index (χ2n) is 7.89. The highest BCUT2D eigenvalue weighted by molar-refractivity contribution is 5.84. The van der Waals surface area contributed by atoms with E-state index in [0.29, 0.717) is 22.2 Å². The van der Waals surface area contributed by atoms with Gasteiger partial charge in [-0.1, -0.05) is 12.1 Å². The maximum absolute atomic E-state index is 13.9. The summed E-state index contributed by atoms with van der Waals surface area (Å²) in [6.07, 6.45) is -2.49. The van der Waals surface area contributed by atoms with Crippen LogP contribution in [0.4, 0.5) is 29.3 Å². The zero-order chi connectivity index (χ0) is 25.6. The number of nitrogen functional groups attached to an aromatic ring is 1. The number of hydrogen-bond donors (Lipinski definition) is 3. The number of rotatable bonds is 5. The van der Waals surface area contributed by atoms with E-state index in [-0.39, 0.29) is 22.9 Å². The van der Waals surface area contributed by atoms with Crippen molar-refractivity contribution in [2.24, 2.45) is 0 Å². The summed E-state index contributed by atoms with van der Waals surface area (Å²) in [4.78, 5) is 28.8. The largest absolute Gasteiger partial charge is 0.573 e. The number of imidazole rings is 1. The number of alkyl halides is 3. The first kappa shape index (κ1) is 23.1. The molecular formula is C23H17F4N7O2. The number of anilines is 2. The van der Waals surface area contributed by atoms with Crippen LogP contribution in [-0.2, 0) is 0 Å². The van der Waals surface area contributed by atoms with Crippen LogP contribution < -0.4 is 21.3 Å². The molecule has 36 heavy (non-hydrogen) atoms. The minimum absolute atomic E-state index is 0.0206. The number of nitrogens with zero attached hydrogens (tertiary/aromatic N) is 4. The molecule has 0 aliphatic heterocycles. The average molecular weight is 499 g/mol. The molecule has 13 heteroatoms. The van der Waals surface area contributed by atoms with E-state index >= 15 is 0 Å². The van der Waals surface area contributed by atoms with Crippen molar-refractivity contribution in [2.75, 3.05) is 11.1 Å². The normalized spacial score (nSPS) is 12.7. The molecule has 5 aromatic rings. The van der Waals surface area contributed by atoms with Gasteiger partial charge in [-0.15, -0.1) is 13.2 Å². The van der Waals surface area contributed by atoms with Crippen molar-refractivity contribution in [1.82, 2.24) is 24.3 Å². The van der Waals surface area contributed by atoms with E-state index in [4.69, 9.17) is 5.73 Å². The highest BCUT2D eigenvalue weighted by atomic mass is 19.4. The third kappa shape index (κ3) is 4.37. The summed E-state index contributed by atoms with van der Waals surface area (Å²) in [6.45, 7) is 1.73. The first-order valence-corrected chi connectivity index (χ1v) is 10.5. The molecule has 5 rings (SSSR count). The molecule has 0 aliphatic carbocycles. The van der Waals surface area contributed by atoms with E-state index in [1.165, 1.54) is 30.6 Å². The minimum Gasteiger partial charge on any atom is -0.406 e. The standard InChI is InChI=1S/C23H17F4N7O2/c1-11(31-20-18-19(30-10-29-18)32-22(28)33-20)16-8-14-6-5-13(24)9-34(14)21(35)17(16)12-3-2-4-15(7-12)36-23(25,26)27/h2-11H,1H3,(H4,28,29,30,31,32,33). The predicted octanol–water partition coefficient (Wildman–Crippen LogP) is 4.43. The summed E-state index contributed by atoms with van der Waals surface area (Å²) in [6, 6.07) is 8.66. The Morgan fingerprint density at radius 2 is 1.97 bits per heavy atom. The van der Waals surface area contributed by atoms with Crippen molar-refractivity contribution in [3.05, 3.63) is 76.7 Å². The maximum Gasteiger partial charge on any atom is 0.573 e. The number of nitrogens with two attached hydrogens (primary N) is 1. The monoisotopic (exact) mass is 499 g/mol. The van der Waals surface area contributed by atoms with Crippen LogP contribution in [0.15, 0.2) is 59.8 Å². The summed E-state index contributed by atoms with van der Waals surface area (Å²) >= 11 is 0. The molecule has 0 radical (unpaired) electrons. The van der Waals surface area contributed by atoms with Gasteiger partial charge in [0.25, 0.3) is 5.56 Å². The molecule has 4 heterocycles. The number of benzene rings is 1. The zero-order valence-electron chi connectivity index (χ0n) is 18.5. The lowest BCUT2D eigenvalue weighted by molar-refractivity contribution is -0.274. The Labute approximate surface area is 199 Å². The van der Waals surface area contributed by atoms with Crippen LogP contribution in [0, 0.1) is 5.82 Å². The minimum atomic E-state index is -4.92. The molecule has 0 saturated carbocycles. The number of fused-ring (bicyclic) bond motifs is 2. The number of pyridine rings is 2. The van der Waals surface area contributed by atoms with E-state index in [0.717, 1.165) is 22.7 Å². The van der Waals surface area contributed by atoms with Crippen molar-refractivity contribution >= 4 is 28.4 Å². The molecule has 4 aromatic heterocycles. The summed E-state index contributed by atoms with van der Waals surface area (Å²) in [7, 11) is 0. The highest BCUT2D eigenvalue weighted by Crippen LogP contribution is 2.33. The SMILES string of the molecule is CC(Nc1nc(N)nc2[nH]cnc12)c1cc2ccc(F)cn2c(=O)c1-c1cccc(OC(F)(F)F)c1. The molecule has 1 atom stereocenters. The Hall–Kier alpha value is -4.68. The van der Waals surface area contributed by atoms with Crippen molar-refractivity contribution < 1.29 is 22.3 Å². The van der Waals surface area contributed by atoms with Gasteiger partial charge in [-0.2, -0.15) is 9.97 Å². The average Bonchev–Trinajstić information content (AvgIpc) is 3.27. The fourth-order valence-electron chi connectivity index (χ4n) is 3.97. The summed E-state index contributed by atoms with van der Waals surface area (Å²) < 4.78 is 57.5. The van der Waals surface area contributed by atoms with Crippen molar-refractivity contribution in [3.8, 4) is 16.9 Å². The molecule has 0 spiro atoms. The van der Waals surface area contributed by atoms with E-state index in [1.54, 1.807) is 13.0 Å². The third-order valence-corrected chi connectivity index (χ3v) is 5.44. The van der Waals surface area contributed by atoms with Crippen LogP contribution in [-0.4, -0.2) is 30.7 Å². The molecule has 1 unspecified atom stereocenters. The molecule has 0 saturated heterocycles. The first-order valence-electron chi connectivity index (χ1n) is 10.5. The molecule has 0 amide bonds. The Balaban J connectivity index is 1.68. The number of ether oxygens (including phenoxy) is 1. The lowest BCUT2D eigenvalue weighted by Crippen LogP contribution is -2.22. The van der Waals surface area contributed by atoms with E-state index < -0.39 is 29.5 Å². The summed E-state index contributed by atoms with van der Waals surface area (Å²) in [5.74, 6) is -0.892. The van der Waals surface area contributed by atoms with E-state index in [1.807, 2.05) is 0 Å². The van der Waals surface area contributed by atoms with Crippen LogP contribution in [0.5, 0.6) is 5.75 Å². The van der Waals surface area contributed by atoms with Crippen LogP contribution in [0.3, 0.4) is 0 Å². The number of hydrogen-bond acceptors (Lipinski definition) is 7. The smallest absolute Gasteiger partial charge is 0.406 e. The number of aromatic amines is 1. The molecule has 0 aliphatic rings. The van der Waals surface area contributed by atoms with Crippen LogP contribution in [0.1, 0.15) is 18.5 Å². The Morgan fingerprint density at radius 1 is 1.17 bits per heavy atom. The summed E-state index contributed by atoms with van der Waals surface area (Å²) in [5, 5.41) is 3.15. The van der Waals surface area contributed by atoms with Gasteiger partial charge in [0.05, 0.1) is 17.9 Å². The van der Waals surface area contributed by atoms with Crippen molar-refractivity contribution in [2.45, 2.75) is 19.3 Å². The maximum atomic E-state index is 13.9. The third-order valence-electron chi connectivity index (χ3n) is 5.44. The number of nitrogens with one attached hydrogen (secondary N) is 2. The van der Waals surface area contributed by atoms with Gasteiger partial charge >= 0.3 is 6.36 Å². The van der Waals surface area contributed by atoms with Crippen LogP contribution >= 0.6 is 0 Å². The van der Waals surface area contributed by atoms with Gasteiger partial charge in [0.1, 0.15) is 17.1 Å². The predicted molar refractivity (Wildman–Crippen MR) is 124 cm³/mol.